The van der Waals surface area contributed by atoms with Crippen molar-refractivity contribution in [3.63, 3.8) is 0 Å². The van der Waals surface area contributed by atoms with E-state index >= 15 is 0 Å². The number of methoxy groups -OCH3 is 1. The molecule has 8 nitrogen and oxygen atoms in total. The van der Waals surface area contributed by atoms with Crippen LogP contribution in [0.3, 0.4) is 0 Å². The fraction of sp³-hybridized carbons (Fsp3) is 0.583. The van der Waals surface area contributed by atoms with Gasteiger partial charge in [-0.3, -0.25) is 9.80 Å². The fourth-order valence-electron chi connectivity index (χ4n) is 4.66. The summed E-state index contributed by atoms with van der Waals surface area (Å²) in [4.78, 5) is 24.5. The molecule has 15 heteroatoms. The second-order valence-corrected chi connectivity index (χ2v) is 10.3. The van der Waals surface area contributed by atoms with Crippen LogP contribution in [0, 0.1) is 11.3 Å². The van der Waals surface area contributed by atoms with E-state index in [0.717, 1.165) is 32.0 Å². The number of carboxylic acids is 2. The summed E-state index contributed by atoms with van der Waals surface area (Å²) in [7, 11) is 1.84. The number of carboxylic acid groups (broad SMARTS) is 2. The van der Waals surface area contributed by atoms with Gasteiger partial charge >= 0.3 is 24.3 Å². The molecule has 1 unspecified atom stereocenters. The molecule has 2 N–H and O–H groups in total. The highest BCUT2D eigenvalue weighted by molar-refractivity contribution is 7.09. The number of thiophene rings is 1. The van der Waals surface area contributed by atoms with E-state index in [2.05, 4.69) is 33.4 Å². The van der Waals surface area contributed by atoms with Crippen LogP contribution in [-0.4, -0.2) is 84.2 Å². The Bertz CT molecular complexity index is 981. The summed E-state index contributed by atoms with van der Waals surface area (Å²) in [5.74, 6) is -3.81. The predicted octanol–water partition coefficient (Wildman–Crippen LogP) is 4.97. The van der Waals surface area contributed by atoms with Crippen molar-refractivity contribution in [1.82, 2.24) is 9.80 Å². The molecule has 2 aliphatic rings. The molecule has 2 aliphatic heterocycles. The molecule has 4 heterocycles. The van der Waals surface area contributed by atoms with Crippen molar-refractivity contribution in [2.75, 3.05) is 39.9 Å². The maximum Gasteiger partial charge on any atom is 0.490 e. The average Bonchev–Trinajstić information content (AvgIpc) is 3.59. The van der Waals surface area contributed by atoms with Gasteiger partial charge in [0.2, 0.25) is 0 Å². The molecule has 0 radical (unpaired) electrons. The Balaban J connectivity index is 0.000000317. The Morgan fingerprint density at radius 1 is 1.03 bits per heavy atom. The van der Waals surface area contributed by atoms with Gasteiger partial charge in [-0.25, -0.2) is 9.59 Å². The zero-order valence-corrected chi connectivity index (χ0v) is 21.8. The summed E-state index contributed by atoms with van der Waals surface area (Å²) < 4.78 is 74.6. The highest BCUT2D eigenvalue weighted by atomic mass is 32.1. The lowest BCUT2D eigenvalue weighted by Crippen LogP contribution is -2.44. The Morgan fingerprint density at radius 3 is 2.05 bits per heavy atom. The number of furan rings is 1. The van der Waals surface area contributed by atoms with Crippen LogP contribution in [0.2, 0.25) is 0 Å². The first kappa shape index (κ1) is 32.6. The number of hydrogen-bond acceptors (Lipinski definition) is 7. The molecule has 2 saturated heterocycles. The molecule has 2 aromatic rings. The van der Waals surface area contributed by atoms with Crippen molar-refractivity contribution in [1.29, 1.82) is 0 Å². The lowest BCUT2D eigenvalue weighted by atomic mass is 9.71. The highest BCUT2D eigenvalue weighted by Gasteiger charge is 2.47. The van der Waals surface area contributed by atoms with Gasteiger partial charge in [-0.05, 0) is 54.9 Å². The van der Waals surface area contributed by atoms with E-state index < -0.39 is 24.3 Å². The van der Waals surface area contributed by atoms with E-state index in [1.165, 1.54) is 37.4 Å². The second kappa shape index (κ2) is 14.1. The van der Waals surface area contributed by atoms with Gasteiger partial charge in [0.1, 0.15) is 5.76 Å². The average molecular weight is 589 g/mol. The van der Waals surface area contributed by atoms with E-state index in [4.69, 9.17) is 29.0 Å². The number of alkyl halides is 6. The molecule has 0 aromatic carbocycles. The van der Waals surface area contributed by atoms with Crippen molar-refractivity contribution < 1.29 is 55.3 Å². The summed E-state index contributed by atoms with van der Waals surface area (Å²) in [5, 5.41) is 16.4. The molecular weight excluding hydrogens is 558 g/mol. The third kappa shape index (κ3) is 10.5. The number of halogens is 6. The van der Waals surface area contributed by atoms with E-state index in [1.54, 1.807) is 6.26 Å². The quantitative estimate of drug-likeness (QED) is 0.457. The van der Waals surface area contributed by atoms with Gasteiger partial charge in [0, 0.05) is 37.5 Å². The lowest BCUT2D eigenvalue weighted by Gasteiger charge is -2.42. The SMILES string of the molecule is COCC1CN(Cc2ccco2)CC12CCN(Cc1cccs1)CC2.O=C(O)C(F)(F)F.O=C(O)C(F)(F)F. The van der Waals surface area contributed by atoms with Crippen molar-refractivity contribution in [3.05, 3.63) is 46.5 Å². The number of hydrogen-bond donors (Lipinski definition) is 2. The minimum atomic E-state index is -5.08. The molecular formula is C24H30F6N2O6S. The van der Waals surface area contributed by atoms with Crippen LogP contribution in [0.4, 0.5) is 26.3 Å². The molecule has 0 saturated carbocycles. The number of nitrogens with zero attached hydrogens (tertiary/aromatic N) is 2. The summed E-state index contributed by atoms with van der Waals surface area (Å²) >= 11 is 1.87. The van der Waals surface area contributed by atoms with Crippen LogP contribution in [0.25, 0.3) is 0 Å². The van der Waals surface area contributed by atoms with Crippen LogP contribution in [0.5, 0.6) is 0 Å². The van der Waals surface area contributed by atoms with Gasteiger partial charge in [-0.2, -0.15) is 26.3 Å². The van der Waals surface area contributed by atoms with E-state index in [9.17, 15) is 26.3 Å². The third-order valence-corrected chi connectivity index (χ3v) is 7.37. The van der Waals surface area contributed by atoms with Gasteiger partial charge in [-0.1, -0.05) is 6.07 Å². The van der Waals surface area contributed by atoms with E-state index in [1.807, 2.05) is 24.5 Å². The maximum atomic E-state index is 10.6. The molecule has 2 fully saturated rings. The highest BCUT2D eigenvalue weighted by Crippen LogP contribution is 2.45. The van der Waals surface area contributed by atoms with E-state index in [0.29, 0.717) is 11.3 Å². The molecule has 220 valence electrons. The zero-order valence-electron chi connectivity index (χ0n) is 21.0. The van der Waals surface area contributed by atoms with Gasteiger partial charge in [-0.15, -0.1) is 11.3 Å². The number of carbonyl (C=O) groups is 2. The number of ether oxygens (including phenoxy) is 1. The first-order valence-corrected chi connectivity index (χ1v) is 12.6. The summed E-state index contributed by atoms with van der Waals surface area (Å²) in [6, 6.07) is 8.48. The molecule has 2 aromatic heterocycles. The molecule has 0 amide bonds. The summed E-state index contributed by atoms with van der Waals surface area (Å²) in [6.45, 7) is 7.61. The normalized spacial score (nSPS) is 19.6. The monoisotopic (exact) mass is 588 g/mol. The molecule has 4 rings (SSSR count). The molecule has 0 aliphatic carbocycles. The number of piperidine rings is 1. The fourth-order valence-corrected chi connectivity index (χ4v) is 5.41. The topological polar surface area (TPSA) is 103 Å². The summed E-state index contributed by atoms with van der Waals surface area (Å²) in [5.41, 5.74) is 0.411. The largest absolute Gasteiger partial charge is 0.490 e. The van der Waals surface area contributed by atoms with Crippen LogP contribution < -0.4 is 0 Å². The maximum absolute atomic E-state index is 10.6. The number of rotatable bonds is 6. The van der Waals surface area contributed by atoms with E-state index in [-0.39, 0.29) is 0 Å². The minimum absolute atomic E-state index is 0.411. The molecule has 39 heavy (non-hydrogen) atoms. The standard InChI is InChI=1S/C20H28N2O2S.2C2HF3O2/c1-23-15-17-12-22(13-18-4-2-10-24-18)16-20(17)6-8-21(9-7-20)14-19-5-3-11-25-19;2*3-2(4,5)1(6)7/h2-5,10-11,17H,6-9,12-16H2,1H3;2*(H,6,7). The first-order valence-electron chi connectivity index (χ1n) is 11.7. The van der Waals surface area contributed by atoms with Crippen molar-refractivity contribution >= 4 is 23.3 Å². The Labute approximate surface area is 224 Å². The van der Waals surface area contributed by atoms with Crippen LogP contribution >= 0.6 is 11.3 Å². The van der Waals surface area contributed by atoms with Crippen molar-refractivity contribution in [2.24, 2.45) is 11.3 Å². The number of likely N-dealkylation sites (tertiary alicyclic amines) is 2. The van der Waals surface area contributed by atoms with Gasteiger partial charge in [0.05, 0.1) is 19.4 Å². The van der Waals surface area contributed by atoms with Gasteiger partial charge < -0.3 is 19.4 Å². The van der Waals surface area contributed by atoms with Crippen LogP contribution in [0.15, 0.2) is 40.3 Å². The van der Waals surface area contributed by atoms with Crippen molar-refractivity contribution in [2.45, 2.75) is 38.3 Å². The minimum Gasteiger partial charge on any atom is -0.475 e. The van der Waals surface area contributed by atoms with Gasteiger partial charge in [0.15, 0.2) is 0 Å². The lowest BCUT2D eigenvalue weighted by molar-refractivity contribution is -0.193. The zero-order chi connectivity index (χ0) is 29.3. The van der Waals surface area contributed by atoms with Crippen LogP contribution in [-0.2, 0) is 27.4 Å². The second-order valence-electron chi connectivity index (χ2n) is 9.22. The predicted molar refractivity (Wildman–Crippen MR) is 128 cm³/mol. The summed E-state index contributed by atoms with van der Waals surface area (Å²) in [6.07, 6.45) is -5.83. The van der Waals surface area contributed by atoms with Crippen molar-refractivity contribution in [3.8, 4) is 0 Å². The Kier molecular flexibility index (Phi) is 11.8. The Hall–Kier alpha value is -2.62. The third-order valence-electron chi connectivity index (χ3n) is 6.51. The van der Waals surface area contributed by atoms with Crippen LogP contribution in [0.1, 0.15) is 23.5 Å². The Morgan fingerprint density at radius 2 is 1.62 bits per heavy atom. The molecule has 1 spiro atoms. The number of aliphatic carboxylic acids is 2. The molecule has 0 bridgehead atoms. The van der Waals surface area contributed by atoms with Gasteiger partial charge in [0.25, 0.3) is 0 Å². The first-order chi connectivity index (χ1) is 18.2. The smallest absolute Gasteiger partial charge is 0.475 e. The molecule has 1 atom stereocenters.